The van der Waals surface area contributed by atoms with Gasteiger partial charge in [0.25, 0.3) is 0 Å². The molecule has 0 aromatic heterocycles. The first-order valence-corrected chi connectivity index (χ1v) is 10.9. The van der Waals surface area contributed by atoms with Crippen LogP contribution in [0.25, 0.3) is 6.08 Å². The minimum atomic E-state index is -0.232. The van der Waals surface area contributed by atoms with Gasteiger partial charge in [-0.25, -0.2) is 0 Å². The van der Waals surface area contributed by atoms with E-state index in [1.807, 2.05) is 14.1 Å². The second-order valence-electron chi connectivity index (χ2n) is 8.89. The summed E-state index contributed by atoms with van der Waals surface area (Å²) in [5.41, 5.74) is 4.00. The number of fused-ring (bicyclic) bond motifs is 1. The van der Waals surface area contributed by atoms with Crippen molar-refractivity contribution in [3.8, 4) is 0 Å². The average molecular weight is 394 g/mol. The van der Waals surface area contributed by atoms with Crippen LogP contribution in [-0.4, -0.2) is 36.1 Å². The SMILES string of the molecule is Cc1cccc(/C=C/C=C/[C@@H]2[C@H]3CC(CCCCC(=O)N(C)C)=C[C@H]3C[C@H]2O)c1. The van der Waals surface area contributed by atoms with E-state index in [1.165, 1.54) is 16.7 Å². The fraction of sp³-hybridized carbons (Fsp3) is 0.500. The topological polar surface area (TPSA) is 40.5 Å². The molecule has 3 heteroatoms. The highest BCUT2D eigenvalue weighted by Gasteiger charge is 2.42. The van der Waals surface area contributed by atoms with Crippen LogP contribution in [0.1, 0.15) is 49.7 Å². The Morgan fingerprint density at radius 3 is 2.83 bits per heavy atom. The van der Waals surface area contributed by atoms with Gasteiger partial charge in [-0.2, -0.15) is 0 Å². The lowest BCUT2D eigenvalue weighted by Crippen LogP contribution is -2.21. The van der Waals surface area contributed by atoms with Crippen molar-refractivity contribution in [1.29, 1.82) is 0 Å². The maximum atomic E-state index is 11.7. The maximum Gasteiger partial charge on any atom is 0.222 e. The predicted octanol–water partition coefficient (Wildman–Crippen LogP) is 5.16. The van der Waals surface area contributed by atoms with Crippen LogP contribution in [0.3, 0.4) is 0 Å². The molecule has 1 saturated carbocycles. The zero-order chi connectivity index (χ0) is 20.8. The van der Waals surface area contributed by atoms with Gasteiger partial charge in [0.2, 0.25) is 5.91 Å². The van der Waals surface area contributed by atoms with E-state index in [0.717, 1.165) is 32.1 Å². The van der Waals surface area contributed by atoms with Crippen LogP contribution in [0.5, 0.6) is 0 Å². The molecule has 0 saturated heterocycles. The minimum Gasteiger partial charge on any atom is -0.392 e. The zero-order valence-corrected chi connectivity index (χ0v) is 18.1. The van der Waals surface area contributed by atoms with Crippen molar-refractivity contribution in [2.75, 3.05) is 14.1 Å². The first-order chi connectivity index (χ1) is 13.9. The monoisotopic (exact) mass is 393 g/mol. The zero-order valence-electron chi connectivity index (χ0n) is 18.1. The number of amides is 1. The summed E-state index contributed by atoms with van der Waals surface area (Å²) in [6, 6.07) is 8.46. The lowest BCUT2D eigenvalue weighted by Gasteiger charge is -2.18. The Labute approximate surface area is 175 Å². The molecule has 0 bridgehead atoms. The number of carbonyl (C=O) groups excluding carboxylic acids is 1. The first-order valence-electron chi connectivity index (χ1n) is 10.9. The van der Waals surface area contributed by atoms with Crippen molar-refractivity contribution >= 4 is 12.0 Å². The Morgan fingerprint density at radius 2 is 2.07 bits per heavy atom. The summed E-state index contributed by atoms with van der Waals surface area (Å²) in [4.78, 5) is 13.4. The highest BCUT2D eigenvalue weighted by molar-refractivity contribution is 5.75. The van der Waals surface area contributed by atoms with Crippen LogP contribution < -0.4 is 0 Å². The molecular weight excluding hydrogens is 358 g/mol. The third kappa shape index (κ3) is 5.93. The summed E-state index contributed by atoms with van der Waals surface area (Å²) in [5.74, 6) is 1.51. The molecule has 3 nitrogen and oxygen atoms in total. The van der Waals surface area contributed by atoms with E-state index in [-0.39, 0.29) is 17.9 Å². The third-order valence-electron chi connectivity index (χ3n) is 6.36. The van der Waals surface area contributed by atoms with E-state index in [2.05, 4.69) is 61.6 Å². The molecular formula is C26H35NO2. The third-order valence-corrected chi connectivity index (χ3v) is 6.36. The Bertz CT molecular complexity index is 790. The van der Waals surface area contributed by atoms with Crippen LogP contribution in [0.2, 0.25) is 0 Å². The molecule has 0 unspecified atom stereocenters. The molecule has 0 radical (unpaired) electrons. The Balaban J connectivity index is 1.48. The maximum absolute atomic E-state index is 11.7. The number of benzene rings is 1. The normalized spacial score (nSPS) is 26.3. The molecule has 3 rings (SSSR count). The highest BCUT2D eigenvalue weighted by atomic mass is 16.3. The molecule has 4 atom stereocenters. The lowest BCUT2D eigenvalue weighted by atomic mass is 9.89. The summed E-state index contributed by atoms with van der Waals surface area (Å²) < 4.78 is 0. The van der Waals surface area contributed by atoms with Crippen LogP contribution in [-0.2, 0) is 4.79 Å². The van der Waals surface area contributed by atoms with Crippen LogP contribution in [0, 0.1) is 24.7 Å². The average Bonchev–Trinajstić information content (AvgIpc) is 3.19. The molecule has 2 aliphatic carbocycles. The molecule has 1 fully saturated rings. The van der Waals surface area contributed by atoms with Crippen LogP contribution in [0.4, 0.5) is 0 Å². The largest absolute Gasteiger partial charge is 0.392 e. The molecule has 156 valence electrons. The fourth-order valence-electron chi connectivity index (χ4n) is 4.78. The van der Waals surface area contributed by atoms with E-state index in [1.54, 1.807) is 4.90 Å². The van der Waals surface area contributed by atoms with E-state index in [9.17, 15) is 9.90 Å². The number of aryl methyl sites for hydroxylation is 1. The van der Waals surface area contributed by atoms with E-state index in [0.29, 0.717) is 18.3 Å². The molecule has 1 amide bonds. The van der Waals surface area contributed by atoms with Crippen LogP contribution >= 0.6 is 0 Å². The number of rotatable bonds is 8. The number of aliphatic hydroxyl groups is 1. The van der Waals surface area contributed by atoms with Crippen molar-refractivity contribution in [1.82, 2.24) is 4.90 Å². The molecule has 0 spiro atoms. The molecule has 1 aromatic carbocycles. The molecule has 29 heavy (non-hydrogen) atoms. The standard InChI is InChI=1S/C26H35NO2/c1-19-9-8-12-20(15-19)10-4-6-13-23-24-17-21(16-22(24)18-25(23)28)11-5-7-14-26(29)27(2)3/h4,6,8-10,12-13,15-16,22-25,28H,5,7,11,14,17-18H2,1-3H3/b10-4+,13-6+/t22-,23+,24-,25+/m0/s1. The van der Waals surface area contributed by atoms with Crippen molar-refractivity contribution in [2.24, 2.45) is 17.8 Å². The Kier molecular flexibility index (Phi) is 7.49. The van der Waals surface area contributed by atoms with Gasteiger partial charge >= 0.3 is 0 Å². The van der Waals surface area contributed by atoms with Crippen molar-refractivity contribution < 1.29 is 9.90 Å². The molecule has 0 heterocycles. The molecule has 1 N–H and O–H groups in total. The van der Waals surface area contributed by atoms with E-state index >= 15 is 0 Å². The van der Waals surface area contributed by atoms with E-state index < -0.39 is 0 Å². The summed E-state index contributed by atoms with van der Waals surface area (Å²) in [6.07, 6.45) is 16.4. The Morgan fingerprint density at radius 1 is 1.24 bits per heavy atom. The lowest BCUT2D eigenvalue weighted by molar-refractivity contribution is -0.128. The van der Waals surface area contributed by atoms with Gasteiger partial charge in [0, 0.05) is 26.4 Å². The molecule has 2 aliphatic rings. The predicted molar refractivity (Wildman–Crippen MR) is 120 cm³/mol. The van der Waals surface area contributed by atoms with Gasteiger partial charge in [-0.15, -0.1) is 0 Å². The number of hydrogen-bond donors (Lipinski definition) is 1. The van der Waals surface area contributed by atoms with Crippen molar-refractivity contribution in [3.05, 3.63) is 65.3 Å². The number of nitrogens with zero attached hydrogens (tertiary/aromatic N) is 1. The number of unbranched alkanes of at least 4 members (excludes halogenated alkanes) is 1. The smallest absolute Gasteiger partial charge is 0.222 e. The summed E-state index contributed by atoms with van der Waals surface area (Å²) in [6.45, 7) is 2.10. The van der Waals surface area contributed by atoms with Gasteiger partial charge in [0.15, 0.2) is 0 Å². The second kappa shape index (κ2) is 10.1. The first kappa shape index (κ1) is 21.6. The fourth-order valence-corrected chi connectivity index (χ4v) is 4.78. The summed E-state index contributed by atoms with van der Waals surface area (Å²) >= 11 is 0. The summed E-state index contributed by atoms with van der Waals surface area (Å²) in [5, 5.41) is 10.5. The number of carbonyl (C=O) groups is 1. The number of hydrogen-bond acceptors (Lipinski definition) is 2. The highest BCUT2D eigenvalue weighted by Crippen LogP contribution is 2.48. The summed E-state index contributed by atoms with van der Waals surface area (Å²) in [7, 11) is 3.64. The van der Waals surface area contributed by atoms with Gasteiger partial charge in [0.05, 0.1) is 6.10 Å². The van der Waals surface area contributed by atoms with E-state index in [4.69, 9.17) is 0 Å². The molecule has 1 aromatic rings. The van der Waals surface area contributed by atoms with Gasteiger partial charge in [-0.1, -0.05) is 65.8 Å². The van der Waals surface area contributed by atoms with Gasteiger partial charge in [-0.05, 0) is 56.4 Å². The second-order valence-corrected chi connectivity index (χ2v) is 8.89. The van der Waals surface area contributed by atoms with Gasteiger partial charge in [0.1, 0.15) is 0 Å². The number of allylic oxidation sites excluding steroid dienone is 4. The molecule has 0 aliphatic heterocycles. The minimum absolute atomic E-state index is 0.217. The van der Waals surface area contributed by atoms with Gasteiger partial charge in [-0.3, -0.25) is 4.79 Å². The number of aliphatic hydroxyl groups excluding tert-OH is 1. The van der Waals surface area contributed by atoms with Crippen molar-refractivity contribution in [3.63, 3.8) is 0 Å². The van der Waals surface area contributed by atoms with Gasteiger partial charge < -0.3 is 10.0 Å². The Hall–Kier alpha value is -2.13. The van der Waals surface area contributed by atoms with Crippen LogP contribution in [0.15, 0.2) is 54.1 Å². The van der Waals surface area contributed by atoms with Crippen molar-refractivity contribution in [2.45, 2.75) is 51.6 Å². The quantitative estimate of drug-likeness (QED) is 0.377.